The Hall–Kier alpha value is -2.93. The van der Waals surface area contributed by atoms with Gasteiger partial charge in [0.05, 0.1) is 17.4 Å². The molecular formula is C26H37N5O2. The van der Waals surface area contributed by atoms with Gasteiger partial charge in [0, 0.05) is 44.8 Å². The number of amides is 2. The van der Waals surface area contributed by atoms with Crippen LogP contribution in [-0.4, -0.2) is 61.0 Å². The summed E-state index contributed by atoms with van der Waals surface area (Å²) in [6.45, 7) is 15.1. The lowest BCUT2D eigenvalue weighted by Gasteiger charge is -2.32. The van der Waals surface area contributed by atoms with E-state index >= 15 is 0 Å². The normalized spacial score (nSPS) is 14.0. The number of aryl methyl sites for hydroxylation is 1. The molecule has 0 saturated carbocycles. The van der Waals surface area contributed by atoms with Crippen molar-refractivity contribution in [2.24, 2.45) is 11.8 Å². The van der Waals surface area contributed by atoms with E-state index in [9.17, 15) is 9.59 Å². The van der Waals surface area contributed by atoms with Crippen LogP contribution in [0, 0.1) is 18.8 Å². The predicted molar refractivity (Wildman–Crippen MR) is 134 cm³/mol. The largest absolute Gasteiger partial charge is 0.353 e. The van der Waals surface area contributed by atoms with Gasteiger partial charge in [0.1, 0.15) is 5.82 Å². The first-order chi connectivity index (χ1) is 15.7. The number of anilines is 2. The van der Waals surface area contributed by atoms with Crippen molar-refractivity contribution < 1.29 is 9.59 Å². The molecule has 1 aliphatic rings. The number of hydrogen-bond donors (Lipinski definition) is 2. The molecule has 0 aliphatic carbocycles. The second kappa shape index (κ2) is 11.3. The Bertz CT molecular complexity index is 957. The summed E-state index contributed by atoms with van der Waals surface area (Å²) in [7, 11) is 0. The highest BCUT2D eigenvalue weighted by Crippen LogP contribution is 2.25. The summed E-state index contributed by atoms with van der Waals surface area (Å²) >= 11 is 0. The van der Waals surface area contributed by atoms with E-state index in [0.29, 0.717) is 47.6 Å². The maximum Gasteiger partial charge on any atom is 0.257 e. The summed E-state index contributed by atoms with van der Waals surface area (Å²) in [5.74, 6) is 1.15. The standard InChI is InChI=1S/C26H37N5O2/c1-18(2)16-31(17-19(3)4)26(33)23-14-22(15-28-24(23)30-11-9-27-10-12-30)29-25(32)21-8-6-7-20(5)13-21/h6-8,13-15,18-19,27H,9-12,16-17H2,1-5H3,(H,29,32). The lowest BCUT2D eigenvalue weighted by atomic mass is 10.1. The maximum atomic E-state index is 13.8. The molecule has 1 aromatic carbocycles. The van der Waals surface area contributed by atoms with Crippen LogP contribution in [0.5, 0.6) is 0 Å². The highest BCUT2D eigenvalue weighted by Gasteiger charge is 2.26. The summed E-state index contributed by atoms with van der Waals surface area (Å²) < 4.78 is 0. The zero-order chi connectivity index (χ0) is 24.0. The maximum absolute atomic E-state index is 13.8. The van der Waals surface area contributed by atoms with E-state index in [2.05, 4.69) is 48.2 Å². The Morgan fingerprint density at radius 1 is 1.09 bits per heavy atom. The molecule has 2 heterocycles. The lowest BCUT2D eigenvalue weighted by molar-refractivity contribution is 0.0715. The molecule has 1 fully saturated rings. The van der Waals surface area contributed by atoms with Crippen LogP contribution in [-0.2, 0) is 0 Å². The number of carbonyl (C=O) groups excluding carboxylic acids is 2. The number of rotatable bonds is 8. The molecule has 2 amide bonds. The molecule has 0 unspecified atom stereocenters. The third kappa shape index (κ3) is 6.78. The van der Waals surface area contributed by atoms with Gasteiger partial charge in [0.2, 0.25) is 0 Å². The smallest absolute Gasteiger partial charge is 0.257 e. The molecule has 1 saturated heterocycles. The number of aromatic nitrogens is 1. The molecule has 7 nitrogen and oxygen atoms in total. The van der Waals surface area contributed by atoms with Crippen molar-refractivity contribution in [3.63, 3.8) is 0 Å². The van der Waals surface area contributed by atoms with E-state index in [1.54, 1.807) is 18.3 Å². The average molecular weight is 452 g/mol. The third-order valence-electron chi connectivity index (χ3n) is 5.51. The number of nitrogens with zero attached hydrogens (tertiary/aromatic N) is 3. The van der Waals surface area contributed by atoms with Crippen LogP contribution in [0.15, 0.2) is 36.5 Å². The fourth-order valence-electron chi connectivity index (χ4n) is 4.09. The molecular weight excluding hydrogens is 414 g/mol. The molecule has 0 atom stereocenters. The summed E-state index contributed by atoms with van der Waals surface area (Å²) in [4.78, 5) is 35.3. The number of carbonyl (C=O) groups is 2. The minimum Gasteiger partial charge on any atom is -0.353 e. The van der Waals surface area contributed by atoms with Crippen LogP contribution in [0.3, 0.4) is 0 Å². The summed E-state index contributed by atoms with van der Waals surface area (Å²) in [6.07, 6.45) is 1.65. The monoisotopic (exact) mass is 451 g/mol. The summed E-state index contributed by atoms with van der Waals surface area (Å²) in [6, 6.07) is 9.23. The minimum atomic E-state index is -0.213. The van der Waals surface area contributed by atoms with Crippen LogP contribution in [0.2, 0.25) is 0 Å². The van der Waals surface area contributed by atoms with Gasteiger partial charge in [-0.3, -0.25) is 9.59 Å². The average Bonchev–Trinajstić information content (AvgIpc) is 2.78. The van der Waals surface area contributed by atoms with E-state index in [-0.39, 0.29) is 11.8 Å². The van der Waals surface area contributed by atoms with Crippen molar-refractivity contribution in [3.05, 3.63) is 53.2 Å². The number of piperazine rings is 1. The molecule has 0 radical (unpaired) electrons. The van der Waals surface area contributed by atoms with Crippen molar-refractivity contribution in [1.82, 2.24) is 15.2 Å². The number of pyridine rings is 1. The molecule has 7 heteroatoms. The van der Waals surface area contributed by atoms with Crippen molar-refractivity contribution >= 4 is 23.3 Å². The van der Waals surface area contributed by atoms with E-state index in [1.165, 1.54) is 0 Å². The van der Waals surface area contributed by atoms with Crippen LogP contribution >= 0.6 is 0 Å². The van der Waals surface area contributed by atoms with Gasteiger partial charge >= 0.3 is 0 Å². The minimum absolute atomic E-state index is 0.0370. The number of nitrogens with one attached hydrogen (secondary N) is 2. The van der Waals surface area contributed by atoms with Crippen LogP contribution in [0.4, 0.5) is 11.5 Å². The fraction of sp³-hybridized carbons (Fsp3) is 0.500. The quantitative estimate of drug-likeness (QED) is 0.638. The Morgan fingerprint density at radius 2 is 1.76 bits per heavy atom. The van der Waals surface area contributed by atoms with Crippen molar-refractivity contribution in [3.8, 4) is 0 Å². The van der Waals surface area contributed by atoms with Crippen molar-refractivity contribution in [1.29, 1.82) is 0 Å². The van der Waals surface area contributed by atoms with Gasteiger partial charge in [-0.15, -0.1) is 0 Å². The molecule has 2 aromatic rings. The summed E-state index contributed by atoms with van der Waals surface area (Å²) in [5, 5.41) is 6.27. The predicted octanol–water partition coefficient (Wildman–Crippen LogP) is 3.81. The van der Waals surface area contributed by atoms with Gasteiger partial charge in [-0.1, -0.05) is 45.4 Å². The van der Waals surface area contributed by atoms with E-state index in [0.717, 1.165) is 31.7 Å². The van der Waals surface area contributed by atoms with Gasteiger partial charge in [-0.2, -0.15) is 0 Å². The van der Waals surface area contributed by atoms with E-state index in [1.807, 2.05) is 30.0 Å². The van der Waals surface area contributed by atoms with E-state index < -0.39 is 0 Å². The first-order valence-corrected chi connectivity index (χ1v) is 11.9. The highest BCUT2D eigenvalue weighted by atomic mass is 16.2. The van der Waals surface area contributed by atoms with Gasteiger partial charge in [-0.25, -0.2) is 4.98 Å². The SMILES string of the molecule is Cc1cccc(C(=O)Nc2cnc(N3CCNCC3)c(C(=O)N(CC(C)C)CC(C)C)c2)c1. The van der Waals surface area contributed by atoms with Crippen LogP contribution < -0.4 is 15.5 Å². The Balaban J connectivity index is 1.94. The summed E-state index contributed by atoms with van der Waals surface area (Å²) in [5.41, 5.74) is 2.66. The van der Waals surface area contributed by atoms with Gasteiger partial charge in [-0.05, 0) is 37.0 Å². The first kappa shape index (κ1) is 24.7. The zero-order valence-corrected chi connectivity index (χ0v) is 20.5. The highest BCUT2D eigenvalue weighted by molar-refractivity contribution is 6.06. The van der Waals surface area contributed by atoms with Gasteiger partial charge in [0.15, 0.2) is 0 Å². The molecule has 1 aliphatic heterocycles. The zero-order valence-electron chi connectivity index (χ0n) is 20.5. The van der Waals surface area contributed by atoms with E-state index in [4.69, 9.17) is 0 Å². The fourth-order valence-corrected chi connectivity index (χ4v) is 4.09. The van der Waals surface area contributed by atoms with Crippen LogP contribution in [0.1, 0.15) is 54.0 Å². The molecule has 0 spiro atoms. The number of hydrogen-bond acceptors (Lipinski definition) is 5. The Morgan fingerprint density at radius 3 is 2.36 bits per heavy atom. The van der Waals surface area contributed by atoms with Gasteiger partial charge < -0.3 is 20.4 Å². The molecule has 0 bridgehead atoms. The molecule has 178 valence electrons. The third-order valence-corrected chi connectivity index (χ3v) is 5.51. The molecule has 1 aromatic heterocycles. The Labute approximate surface area is 197 Å². The van der Waals surface area contributed by atoms with Crippen LogP contribution in [0.25, 0.3) is 0 Å². The first-order valence-electron chi connectivity index (χ1n) is 11.9. The van der Waals surface area contributed by atoms with Crippen molar-refractivity contribution in [2.45, 2.75) is 34.6 Å². The van der Waals surface area contributed by atoms with Crippen molar-refractivity contribution in [2.75, 3.05) is 49.5 Å². The molecule has 3 rings (SSSR count). The topological polar surface area (TPSA) is 77.6 Å². The number of benzene rings is 1. The van der Waals surface area contributed by atoms with Gasteiger partial charge in [0.25, 0.3) is 11.8 Å². The molecule has 33 heavy (non-hydrogen) atoms. The molecule has 2 N–H and O–H groups in total. The second-order valence-electron chi connectivity index (χ2n) is 9.65. The lowest BCUT2D eigenvalue weighted by Crippen LogP contribution is -2.45. The Kier molecular flexibility index (Phi) is 8.44. The second-order valence-corrected chi connectivity index (χ2v) is 9.65.